The van der Waals surface area contributed by atoms with Crippen molar-refractivity contribution in [2.45, 2.75) is 19.4 Å². The molecule has 0 saturated heterocycles. The number of aliphatic hydroxyl groups is 1. The Morgan fingerprint density at radius 3 is 2.85 bits per heavy atom. The number of thiophene rings is 1. The molecule has 0 aliphatic heterocycles. The Balaban J connectivity index is 2.74. The van der Waals surface area contributed by atoms with Crippen LogP contribution in [0.5, 0.6) is 0 Å². The van der Waals surface area contributed by atoms with Crippen LogP contribution in [0.4, 0.5) is 0 Å². The largest absolute Gasteiger partial charge is 0.383 e. The fourth-order valence-electron chi connectivity index (χ4n) is 1.13. The van der Waals surface area contributed by atoms with Crippen LogP contribution < -0.4 is 5.32 Å². The Morgan fingerprint density at radius 2 is 2.38 bits per heavy atom. The minimum absolute atomic E-state index is 0.586. The molecule has 0 saturated carbocycles. The minimum Gasteiger partial charge on any atom is -0.383 e. The molecule has 0 spiro atoms. The van der Waals surface area contributed by atoms with E-state index in [0.717, 1.165) is 15.9 Å². The highest BCUT2D eigenvalue weighted by molar-refractivity contribution is 9.10. The summed E-state index contributed by atoms with van der Waals surface area (Å²) < 4.78 is 0.986. The molecule has 2 N–H and O–H groups in total. The molecule has 0 amide bonds. The van der Waals surface area contributed by atoms with Gasteiger partial charge in [0, 0.05) is 11.0 Å². The molecule has 1 aromatic rings. The van der Waals surface area contributed by atoms with E-state index in [1.165, 1.54) is 0 Å². The molecule has 4 heteroatoms. The van der Waals surface area contributed by atoms with Crippen molar-refractivity contribution in [3.8, 4) is 0 Å². The van der Waals surface area contributed by atoms with Crippen LogP contribution in [0.2, 0.25) is 0 Å². The number of likely N-dealkylation sites (N-methyl/N-ethyl adjacent to an activating group) is 1. The molecule has 2 nitrogen and oxygen atoms in total. The smallest absolute Gasteiger partial charge is 0.109 e. The van der Waals surface area contributed by atoms with Crippen LogP contribution in [0.1, 0.15) is 18.7 Å². The average molecular weight is 264 g/mol. The number of hydrogen-bond acceptors (Lipinski definition) is 3. The van der Waals surface area contributed by atoms with E-state index in [9.17, 15) is 5.11 Å². The van der Waals surface area contributed by atoms with Gasteiger partial charge < -0.3 is 10.4 Å². The van der Waals surface area contributed by atoms with Gasteiger partial charge in [0.2, 0.25) is 0 Å². The Labute approximate surface area is 91.1 Å². The van der Waals surface area contributed by atoms with Crippen molar-refractivity contribution in [2.24, 2.45) is 0 Å². The van der Waals surface area contributed by atoms with Crippen LogP contribution in [0.25, 0.3) is 0 Å². The SMILES string of the molecule is CCNCC(C)(O)c1sccc1Br. The third-order valence-corrected chi connectivity index (χ3v) is 3.92. The lowest BCUT2D eigenvalue weighted by atomic mass is 10.1. The molecule has 0 aliphatic carbocycles. The quantitative estimate of drug-likeness (QED) is 0.874. The van der Waals surface area contributed by atoms with Crippen molar-refractivity contribution >= 4 is 27.3 Å². The van der Waals surface area contributed by atoms with Crippen molar-refractivity contribution in [3.63, 3.8) is 0 Å². The van der Waals surface area contributed by atoms with Gasteiger partial charge in [0.15, 0.2) is 0 Å². The Bertz CT molecular complexity index is 272. The summed E-state index contributed by atoms with van der Waals surface area (Å²) in [7, 11) is 0. The standard InChI is InChI=1S/C9H14BrNOS/c1-3-11-6-9(2,12)8-7(10)4-5-13-8/h4-5,11-12H,3,6H2,1-2H3. The first-order valence-corrected chi connectivity index (χ1v) is 5.91. The highest BCUT2D eigenvalue weighted by atomic mass is 79.9. The van der Waals surface area contributed by atoms with Crippen LogP contribution in [0.15, 0.2) is 15.9 Å². The summed E-state index contributed by atoms with van der Waals surface area (Å²) >= 11 is 4.99. The van der Waals surface area contributed by atoms with E-state index >= 15 is 0 Å². The lowest BCUT2D eigenvalue weighted by Crippen LogP contribution is -2.34. The number of rotatable bonds is 4. The highest BCUT2D eigenvalue weighted by Crippen LogP contribution is 2.32. The van der Waals surface area contributed by atoms with E-state index in [4.69, 9.17) is 0 Å². The maximum atomic E-state index is 10.1. The summed E-state index contributed by atoms with van der Waals surface area (Å²) in [5.41, 5.74) is -0.775. The molecule has 13 heavy (non-hydrogen) atoms. The Kier molecular flexibility index (Phi) is 3.91. The van der Waals surface area contributed by atoms with Crippen molar-refractivity contribution in [1.82, 2.24) is 5.32 Å². The van der Waals surface area contributed by atoms with Crippen LogP contribution in [0, 0.1) is 0 Å². The monoisotopic (exact) mass is 263 g/mol. The highest BCUT2D eigenvalue weighted by Gasteiger charge is 2.25. The van der Waals surface area contributed by atoms with E-state index in [1.807, 2.05) is 25.3 Å². The second kappa shape index (κ2) is 4.55. The van der Waals surface area contributed by atoms with Gasteiger partial charge >= 0.3 is 0 Å². The first-order valence-electron chi connectivity index (χ1n) is 4.24. The predicted molar refractivity (Wildman–Crippen MR) is 60.1 cm³/mol. The van der Waals surface area contributed by atoms with Crippen LogP contribution in [0.3, 0.4) is 0 Å². The van der Waals surface area contributed by atoms with Gasteiger partial charge in [-0.15, -0.1) is 11.3 Å². The van der Waals surface area contributed by atoms with E-state index in [-0.39, 0.29) is 0 Å². The second-order valence-electron chi connectivity index (χ2n) is 3.15. The number of halogens is 1. The third-order valence-electron chi connectivity index (χ3n) is 1.83. The summed E-state index contributed by atoms with van der Waals surface area (Å²) in [5, 5.41) is 15.2. The van der Waals surface area contributed by atoms with Gasteiger partial charge in [-0.2, -0.15) is 0 Å². The molecule has 74 valence electrons. The van der Waals surface area contributed by atoms with E-state index in [1.54, 1.807) is 11.3 Å². The summed E-state index contributed by atoms with van der Waals surface area (Å²) in [6.45, 7) is 5.31. The van der Waals surface area contributed by atoms with Crippen LogP contribution in [-0.2, 0) is 5.60 Å². The van der Waals surface area contributed by atoms with Crippen LogP contribution >= 0.6 is 27.3 Å². The minimum atomic E-state index is -0.775. The Morgan fingerprint density at radius 1 is 1.69 bits per heavy atom. The Hall–Kier alpha value is 0.100. The van der Waals surface area contributed by atoms with Gasteiger partial charge in [-0.1, -0.05) is 6.92 Å². The molecule has 1 aromatic heterocycles. The maximum Gasteiger partial charge on any atom is 0.109 e. The zero-order chi connectivity index (χ0) is 9.90. The van der Waals surface area contributed by atoms with Gasteiger partial charge in [-0.3, -0.25) is 0 Å². The first-order chi connectivity index (χ1) is 6.08. The molecule has 0 radical (unpaired) electrons. The molecule has 0 bridgehead atoms. The topological polar surface area (TPSA) is 32.3 Å². The molecular weight excluding hydrogens is 250 g/mol. The van der Waals surface area contributed by atoms with E-state index in [0.29, 0.717) is 6.54 Å². The zero-order valence-corrected chi connectivity index (χ0v) is 10.2. The summed E-state index contributed by atoms with van der Waals surface area (Å²) in [5.74, 6) is 0. The second-order valence-corrected chi connectivity index (χ2v) is 4.92. The van der Waals surface area contributed by atoms with Crippen molar-refractivity contribution in [2.75, 3.05) is 13.1 Å². The summed E-state index contributed by atoms with van der Waals surface area (Å²) in [4.78, 5) is 0.980. The lowest BCUT2D eigenvalue weighted by Gasteiger charge is -2.22. The van der Waals surface area contributed by atoms with Crippen molar-refractivity contribution in [1.29, 1.82) is 0 Å². The van der Waals surface area contributed by atoms with Crippen molar-refractivity contribution in [3.05, 3.63) is 20.8 Å². The molecule has 1 unspecified atom stereocenters. The molecule has 1 atom stereocenters. The fraction of sp³-hybridized carbons (Fsp3) is 0.556. The normalized spacial score (nSPS) is 15.7. The molecule has 0 fully saturated rings. The molecule has 0 aliphatic rings. The van der Waals surface area contributed by atoms with E-state index in [2.05, 4.69) is 21.2 Å². The van der Waals surface area contributed by atoms with Gasteiger partial charge in [-0.25, -0.2) is 0 Å². The van der Waals surface area contributed by atoms with Crippen LogP contribution in [-0.4, -0.2) is 18.2 Å². The molecular formula is C9H14BrNOS. The summed E-state index contributed by atoms with van der Waals surface area (Å²) in [6.07, 6.45) is 0. The third kappa shape index (κ3) is 2.77. The van der Waals surface area contributed by atoms with Gasteiger partial charge in [-0.05, 0) is 40.8 Å². The zero-order valence-electron chi connectivity index (χ0n) is 7.80. The first kappa shape index (κ1) is 11.2. The van der Waals surface area contributed by atoms with Gasteiger partial charge in [0.1, 0.15) is 5.60 Å². The molecule has 1 heterocycles. The predicted octanol–water partition coefficient (Wildman–Crippen LogP) is 2.33. The van der Waals surface area contributed by atoms with Gasteiger partial charge in [0.05, 0.1) is 4.88 Å². The number of nitrogens with one attached hydrogen (secondary N) is 1. The van der Waals surface area contributed by atoms with E-state index < -0.39 is 5.60 Å². The molecule has 0 aromatic carbocycles. The average Bonchev–Trinajstić information content (AvgIpc) is 2.48. The number of hydrogen-bond donors (Lipinski definition) is 2. The lowest BCUT2D eigenvalue weighted by molar-refractivity contribution is 0.0607. The van der Waals surface area contributed by atoms with Gasteiger partial charge in [0.25, 0.3) is 0 Å². The fourth-order valence-corrected chi connectivity index (χ4v) is 2.99. The molecule has 1 rings (SSSR count). The maximum absolute atomic E-state index is 10.1. The summed E-state index contributed by atoms with van der Waals surface area (Å²) in [6, 6.07) is 1.96. The van der Waals surface area contributed by atoms with Crippen molar-refractivity contribution < 1.29 is 5.11 Å².